The van der Waals surface area contributed by atoms with Crippen molar-refractivity contribution in [2.24, 2.45) is 5.41 Å². The molecule has 0 aliphatic heterocycles. The molecule has 8 nitrogen and oxygen atoms in total. The number of rotatable bonds is 8. The molecule has 2 aromatic carbocycles. The van der Waals surface area contributed by atoms with Gasteiger partial charge >= 0.3 is 0 Å². The van der Waals surface area contributed by atoms with Crippen LogP contribution < -0.4 is 24.8 Å². The van der Waals surface area contributed by atoms with Crippen LogP contribution >= 0.6 is 0 Å². The number of carbonyl (C=O) groups excluding carboxylic acids is 2. The smallest absolute Gasteiger partial charge is 0.240 e. The Balaban J connectivity index is 1.24. The standard InChI is InChI=1S/C28H30FN3O5/c1-35-24-15-21-22(16-25(24)36-2)30-14-11-23(21)37-20-9-7-19(8-10-20)32-27(34)28(12-13-28)26(33)31-18-5-3-17(29)4-6-18/h7-11,14-18H,3-6,12-13H2,1-2H3,(H,31,33)(H,32,34). The number of carbonyl (C=O) groups is 2. The molecule has 194 valence electrons. The summed E-state index contributed by atoms with van der Waals surface area (Å²) in [4.78, 5) is 30.2. The number of nitrogens with one attached hydrogen (secondary N) is 2. The van der Waals surface area contributed by atoms with Gasteiger partial charge in [-0.1, -0.05) is 0 Å². The minimum atomic E-state index is -1.04. The minimum absolute atomic E-state index is 0.0634. The van der Waals surface area contributed by atoms with Crippen molar-refractivity contribution in [3.63, 3.8) is 0 Å². The van der Waals surface area contributed by atoms with Crippen LogP contribution in [0.25, 0.3) is 10.9 Å². The highest BCUT2D eigenvalue weighted by molar-refractivity contribution is 6.13. The molecular formula is C28H30FN3O5. The lowest BCUT2D eigenvalue weighted by molar-refractivity contribution is -0.135. The number of methoxy groups -OCH3 is 2. The Kier molecular flexibility index (Phi) is 6.86. The molecule has 0 unspecified atom stereocenters. The van der Waals surface area contributed by atoms with Gasteiger partial charge < -0.3 is 24.8 Å². The van der Waals surface area contributed by atoms with E-state index in [0.29, 0.717) is 72.7 Å². The fourth-order valence-electron chi connectivity index (χ4n) is 4.72. The quantitative estimate of drug-likeness (QED) is 0.409. The van der Waals surface area contributed by atoms with E-state index in [1.807, 2.05) is 6.07 Å². The molecule has 2 amide bonds. The first-order valence-electron chi connectivity index (χ1n) is 12.5. The van der Waals surface area contributed by atoms with E-state index in [1.54, 1.807) is 56.8 Å². The number of nitrogens with zero attached hydrogens (tertiary/aromatic N) is 1. The molecule has 1 aromatic heterocycles. The van der Waals surface area contributed by atoms with E-state index < -0.39 is 11.6 Å². The predicted molar refractivity (Wildman–Crippen MR) is 137 cm³/mol. The number of halogens is 1. The van der Waals surface area contributed by atoms with Gasteiger partial charge in [-0.05, 0) is 74.9 Å². The zero-order valence-corrected chi connectivity index (χ0v) is 20.9. The Morgan fingerprint density at radius 2 is 1.59 bits per heavy atom. The Morgan fingerprint density at radius 1 is 0.919 bits per heavy atom. The number of ether oxygens (including phenoxy) is 3. The van der Waals surface area contributed by atoms with Crippen LogP contribution in [0, 0.1) is 5.41 Å². The first-order valence-corrected chi connectivity index (χ1v) is 12.5. The van der Waals surface area contributed by atoms with Crippen molar-refractivity contribution in [3.05, 3.63) is 48.7 Å². The van der Waals surface area contributed by atoms with Gasteiger partial charge in [0, 0.05) is 29.4 Å². The van der Waals surface area contributed by atoms with Crippen LogP contribution in [0.2, 0.25) is 0 Å². The molecule has 2 saturated carbocycles. The highest BCUT2D eigenvalue weighted by Crippen LogP contribution is 2.47. The Morgan fingerprint density at radius 3 is 2.24 bits per heavy atom. The molecular weight excluding hydrogens is 477 g/mol. The van der Waals surface area contributed by atoms with Crippen LogP contribution in [0.3, 0.4) is 0 Å². The SMILES string of the molecule is COc1cc2nccc(Oc3ccc(NC(=O)C4(C(=O)NC5CCC(F)CC5)CC4)cc3)c2cc1OC. The number of aromatic nitrogens is 1. The Labute approximate surface area is 214 Å². The van der Waals surface area contributed by atoms with E-state index in [0.717, 1.165) is 5.39 Å². The van der Waals surface area contributed by atoms with E-state index in [4.69, 9.17) is 14.2 Å². The largest absolute Gasteiger partial charge is 0.493 e. The second-order valence-electron chi connectivity index (χ2n) is 9.62. The van der Waals surface area contributed by atoms with E-state index in [2.05, 4.69) is 15.6 Å². The lowest BCUT2D eigenvalue weighted by Crippen LogP contribution is -2.45. The number of alkyl halides is 1. The third kappa shape index (κ3) is 5.16. The van der Waals surface area contributed by atoms with Crippen LogP contribution in [0.1, 0.15) is 38.5 Å². The van der Waals surface area contributed by atoms with Gasteiger partial charge in [0.1, 0.15) is 23.1 Å². The molecule has 3 aromatic rings. The Bertz CT molecular complexity index is 1300. The van der Waals surface area contributed by atoms with Crippen molar-refractivity contribution in [1.29, 1.82) is 0 Å². The summed E-state index contributed by atoms with van der Waals surface area (Å²) in [5.41, 5.74) is 0.225. The average Bonchev–Trinajstić information content (AvgIpc) is 3.73. The molecule has 2 N–H and O–H groups in total. The Hall–Kier alpha value is -3.88. The van der Waals surface area contributed by atoms with Crippen molar-refractivity contribution in [1.82, 2.24) is 10.3 Å². The van der Waals surface area contributed by atoms with Crippen molar-refractivity contribution in [2.45, 2.75) is 50.7 Å². The zero-order chi connectivity index (χ0) is 26.0. The second-order valence-corrected chi connectivity index (χ2v) is 9.62. The molecule has 2 aliphatic rings. The third-order valence-corrected chi connectivity index (χ3v) is 7.16. The van der Waals surface area contributed by atoms with Gasteiger partial charge in [0.25, 0.3) is 0 Å². The van der Waals surface area contributed by atoms with Crippen LogP contribution in [-0.4, -0.2) is 43.2 Å². The van der Waals surface area contributed by atoms with Crippen molar-refractivity contribution < 1.29 is 28.2 Å². The van der Waals surface area contributed by atoms with Gasteiger partial charge in [-0.15, -0.1) is 0 Å². The molecule has 2 fully saturated rings. The number of amides is 2. The van der Waals surface area contributed by atoms with Crippen molar-refractivity contribution in [2.75, 3.05) is 19.5 Å². The number of hydrogen-bond donors (Lipinski definition) is 2. The lowest BCUT2D eigenvalue weighted by Gasteiger charge is -2.27. The zero-order valence-electron chi connectivity index (χ0n) is 20.9. The maximum Gasteiger partial charge on any atom is 0.240 e. The number of pyridine rings is 1. The second kappa shape index (κ2) is 10.2. The fourth-order valence-corrected chi connectivity index (χ4v) is 4.72. The summed E-state index contributed by atoms with van der Waals surface area (Å²) in [5.74, 6) is 1.73. The van der Waals surface area contributed by atoms with Crippen LogP contribution in [-0.2, 0) is 9.59 Å². The summed E-state index contributed by atoms with van der Waals surface area (Å²) in [5, 5.41) is 6.59. The molecule has 0 spiro atoms. The number of benzene rings is 2. The van der Waals surface area contributed by atoms with Gasteiger partial charge in [-0.2, -0.15) is 0 Å². The summed E-state index contributed by atoms with van der Waals surface area (Å²) in [6.45, 7) is 0. The normalized spacial score (nSPS) is 20.1. The van der Waals surface area contributed by atoms with Crippen molar-refractivity contribution in [3.8, 4) is 23.0 Å². The predicted octanol–water partition coefficient (Wildman–Crippen LogP) is 5.16. The van der Waals surface area contributed by atoms with Gasteiger partial charge in [-0.3, -0.25) is 14.6 Å². The highest BCUT2D eigenvalue weighted by atomic mass is 19.1. The van der Waals surface area contributed by atoms with Gasteiger partial charge in [0.2, 0.25) is 11.8 Å². The highest BCUT2D eigenvalue weighted by Gasteiger charge is 2.56. The van der Waals surface area contributed by atoms with E-state index in [9.17, 15) is 14.0 Å². The lowest BCUT2D eigenvalue weighted by atomic mass is 9.93. The van der Waals surface area contributed by atoms with Crippen LogP contribution in [0.5, 0.6) is 23.0 Å². The van der Waals surface area contributed by atoms with E-state index in [-0.39, 0.29) is 17.9 Å². The first kappa shape index (κ1) is 24.8. The summed E-state index contributed by atoms with van der Waals surface area (Å²) in [7, 11) is 3.14. The number of anilines is 1. The monoisotopic (exact) mass is 507 g/mol. The van der Waals surface area contributed by atoms with Gasteiger partial charge in [0.15, 0.2) is 11.5 Å². The number of hydrogen-bond acceptors (Lipinski definition) is 6. The molecule has 2 aliphatic carbocycles. The average molecular weight is 508 g/mol. The van der Waals surface area contributed by atoms with Gasteiger partial charge in [-0.25, -0.2) is 4.39 Å². The van der Waals surface area contributed by atoms with Gasteiger partial charge in [0.05, 0.1) is 19.7 Å². The summed E-state index contributed by atoms with van der Waals surface area (Å²) in [6.07, 6.45) is 4.01. The fraction of sp³-hybridized carbons (Fsp3) is 0.393. The molecule has 0 atom stereocenters. The maximum absolute atomic E-state index is 13.4. The summed E-state index contributed by atoms with van der Waals surface area (Å²) in [6, 6.07) is 12.3. The molecule has 0 bridgehead atoms. The summed E-state index contributed by atoms with van der Waals surface area (Å²) >= 11 is 0. The molecule has 9 heteroatoms. The molecule has 5 rings (SSSR count). The van der Waals surface area contributed by atoms with Crippen LogP contribution in [0.4, 0.5) is 10.1 Å². The van der Waals surface area contributed by atoms with E-state index in [1.165, 1.54) is 0 Å². The third-order valence-electron chi connectivity index (χ3n) is 7.16. The first-order chi connectivity index (χ1) is 17.9. The van der Waals surface area contributed by atoms with Crippen LogP contribution in [0.15, 0.2) is 48.7 Å². The van der Waals surface area contributed by atoms with Crippen molar-refractivity contribution >= 4 is 28.4 Å². The maximum atomic E-state index is 13.4. The molecule has 1 heterocycles. The number of fused-ring (bicyclic) bond motifs is 1. The molecule has 0 radical (unpaired) electrons. The molecule has 37 heavy (non-hydrogen) atoms. The topological polar surface area (TPSA) is 98.8 Å². The minimum Gasteiger partial charge on any atom is -0.493 e. The summed E-state index contributed by atoms with van der Waals surface area (Å²) < 4.78 is 30.2. The molecule has 0 saturated heterocycles. The van der Waals surface area contributed by atoms with E-state index >= 15 is 0 Å².